The Bertz CT molecular complexity index is 914. The van der Waals surface area contributed by atoms with Crippen molar-refractivity contribution in [2.24, 2.45) is 17.7 Å². The van der Waals surface area contributed by atoms with Crippen LogP contribution in [0.15, 0.2) is 18.2 Å². The molecule has 1 aromatic carbocycles. The van der Waals surface area contributed by atoms with Gasteiger partial charge in [-0.25, -0.2) is 15.0 Å². The van der Waals surface area contributed by atoms with Gasteiger partial charge in [-0.3, -0.25) is 15.4 Å². The Kier molecular flexibility index (Phi) is 11.1. The molecule has 35 heavy (non-hydrogen) atoms. The monoisotopic (exact) mass is 496 g/mol. The van der Waals surface area contributed by atoms with E-state index in [1.54, 1.807) is 47.6 Å². The van der Waals surface area contributed by atoms with E-state index in [1.165, 1.54) is 26.0 Å². The van der Waals surface area contributed by atoms with Gasteiger partial charge < -0.3 is 23.7 Å². The molecule has 0 amide bonds. The molecule has 0 spiro atoms. The Labute approximate surface area is 205 Å². The summed E-state index contributed by atoms with van der Waals surface area (Å²) in [5.41, 5.74) is 1.49. The number of nitrogens with one attached hydrogen (secondary N) is 1. The van der Waals surface area contributed by atoms with Gasteiger partial charge in [0.25, 0.3) is 0 Å². The van der Waals surface area contributed by atoms with Crippen molar-refractivity contribution in [2.45, 2.75) is 79.7 Å². The quantitative estimate of drug-likeness (QED) is 0.153. The molecule has 0 aliphatic heterocycles. The van der Waals surface area contributed by atoms with Gasteiger partial charge in [0.15, 0.2) is 11.5 Å². The van der Waals surface area contributed by atoms with E-state index in [-0.39, 0.29) is 17.9 Å². The molecule has 0 heterocycles. The first kappa shape index (κ1) is 29.9. The smallest absolute Gasteiger partial charge is 0.431 e. The maximum Gasteiger partial charge on any atom is 0.511 e. The summed E-state index contributed by atoms with van der Waals surface area (Å²) < 4.78 is 25.7. The van der Waals surface area contributed by atoms with Gasteiger partial charge >= 0.3 is 24.1 Å². The summed E-state index contributed by atoms with van der Waals surface area (Å²) in [6.07, 6.45) is -2.62. The number of benzene rings is 1. The minimum Gasteiger partial charge on any atom is -0.431 e. The summed E-state index contributed by atoms with van der Waals surface area (Å²) >= 11 is 0. The Hall–Kier alpha value is -3.18. The van der Waals surface area contributed by atoms with E-state index in [4.69, 9.17) is 29.5 Å². The van der Waals surface area contributed by atoms with E-state index in [1.807, 2.05) is 0 Å². The minimum absolute atomic E-state index is 0.00384. The summed E-state index contributed by atoms with van der Waals surface area (Å²) in [6.45, 7) is 12.8. The molecule has 11 heteroatoms. The van der Waals surface area contributed by atoms with Crippen molar-refractivity contribution in [1.82, 2.24) is 5.43 Å². The van der Waals surface area contributed by atoms with Crippen molar-refractivity contribution in [3.05, 3.63) is 23.8 Å². The third-order valence-corrected chi connectivity index (χ3v) is 4.57. The number of carbonyl (C=O) groups is 4. The van der Waals surface area contributed by atoms with Gasteiger partial charge in [-0.05, 0) is 38.5 Å². The molecule has 2 atom stereocenters. The van der Waals surface area contributed by atoms with Gasteiger partial charge in [0, 0.05) is 13.3 Å². The lowest BCUT2D eigenvalue weighted by atomic mass is 9.93. The average molecular weight is 497 g/mol. The maximum atomic E-state index is 12.8. The number of hydrogen-bond acceptors (Lipinski definition) is 11. The van der Waals surface area contributed by atoms with Crippen LogP contribution in [0.2, 0.25) is 0 Å². The minimum atomic E-state index is -1.45. The number of ether oxygens (including phenoxy) is 5. The SMILES string of the molecule is CC(C)OC(=O)O[C@H](C)OC(=O)[C@](C)(Cc1ccc(OC(=O)C(C)C)c(OC(=O)C(C)C)c1)NN. The standard InChI is InChI=1S/C24H36N2O9/c1-13(2)20(27)34-18-10-9-17(11-19(18)35-21(28)14(3)4)12-24(8,26-25)22(29)32-16(7)33-23(30)31-15(5)6/h9-11,13-16,26H,12,25H2,1-8H3/t16-,24+/m1/s1. The third-order valence-electron chi connectivity index (χ3n) is 4.57. The number of esters is 3. The topological polar surface area (TPSA) is 152 Å². The molecule has 1 aromatic rings. The van der Waals surface area contributed by atoms with Gasteiger partial charge in [0.2, 0.25) is 6.29 Å². The van der Waals surface area contributed by atoms with Crippen molar-refractivity contribution in [3.63, 3.8) is 0 Å². The van der Waals surface area contributed by atoms with E-state index >= 15 is 0 Å². The number of nitrogens with two attached hydrogens (primary N) is 1. The first-order chi connectivity index (χ1) is 16.2. The highest BCUT2D eigenvalue weighted by Crippen LogP contribution is 2.31. The van der Waals surface area contributed by atoms with Crippen molar-refractivity contribution in [3.8, 4) is 11.5 Å². The lowest BCUT2D eigenvalue weighted by Gasteiger charge is -2.28. The molecule has 0 unspecified atom stereocenters. The van der Waals surface area contributed by atoms with E-state index in [0.717, 1.165) is 0 Å². The second-order valence-corrected chi connectivity index (χ2v) is 9.09. The maximum absolute atomic E-state index is 12.8. The first-order valence-corrected chi connectivity index (χ1v) is 11.3. The summed E-state index contributed by atoms with van der Waals surface area (Å²) in [4.78, 5) is 48.7. The highest BCUT2D eigenvalue weighted by Gasteiger charge is 2.36. The highest BCUT2D eigenvalue weighted by atomic mass is 16.8. The van der Waals surface area contributed by atoms with Gasteiger partial charge in [0.1, 0.15) is 5.54 Å². The molecule has 196 valence electrons. The molecule has 0 fully saturated rings. The zero-order chi connectivity index (χ0) is 26.9. The van der Waals surface area contributed by atoms with Gasteiger partial charge in [0.05, 0.1) is 17.9 Å². The molecule has 0 aliphatic carbocycles. The molecular weight excluding hydrogens is 460 g/mol. The Balaban J connectivity index is 3.10. The molecule has 1 rings (SSSR count). The Morgan fingerprint density at radius 2 is 1.40 bits per heavy atom. The van der Waals surface area contributed by atoms with Crippen molar-refractivity contribution in [2.75, 3.05) is 0 Å². The van der Waals surface area contributed by atoms with E-state index < -0.39 is 53.8 Å². The van der Waals surface area contributed by atoms with Crippen LogP contribution in [0.5, 0.6) is 11.5 Å². The fraction of sp³-hybridized carbons (Fsp3) is 0.583. The van der Waals surface area contributed by atoms with Crippen LogP contribution in [-0.4, -0.2) is 42.0 Å². The van der Waals surface area contributed by atoms with Crippen LogP contribution in [0.4, 0.5) is 4.79 Å². The number of hydrazine groups is 1. The zero-order valence-corrected chi connectivity index (χ0v) is 21.5. The summed E-state index contributed by atoms with van der Waals surface area (Å²) in [5.74, 6) is 3.08. The molecule has 0 aromatic heterocycles. The lowest BCUT2D eigenvalue weighted by Crippen LogP contribution is -2.56. The molecule has 0 saturated heterocycles. The summed E-state index contributed by atoms with van der Waals surface area (Å²) in [5, 5.41) is 0. The number of rotatable bonds is 11. The van der Waals surface area contributed by atoms with Crippen LogP contribution < -0.4 is 20.7 Å². The van der Waals surface area contributed by atoms with Crippen LogP contribution in [0.25, 0.3) is 0 Å². The molecule has 0 bridgehead atoms. The van der Waals surface area contributed by atoms with Crippen molar-refractivity contribution in [1.29, 1.82) is 0 Å². The molecule has 0 radical (unpaired) electrons. The van der Waals surface area contributed by atoms with Gasteiger partial charge in [-0.1, -0.05) is 33.8 Å². The van der Waals surface area contributed by atoms with Crippen LogP contribution >= 0.6 is 0 Å². The second-order valence-electron chi connectivity index (χ2n) is 9.09. The number of carbonyl (C=O) groups excluding carboxylic acids is 4. The summed E-state index contributed by atoms with van der Waals surface area (Å²) in [7, 11) is 0. The van der Waals surface area contributed by atoms with Crippen LogP contribution in [0.3, 0.4) is 0 Å². The normalized spacial score (nSPS) is 13.7. The van der Waals surface area contributed by atoms with E-state index in [2.05, 4.69) is 5.43 Å². The van der Waals surface area contributed by atoms with Crippen LogP contribution in [-0.2, 0) is 35.0 Å². The van der Waals surface area contributed by atoms with Gasteiger partial charge in [-0.2, -0.15) is 0 Å². The van der Waals surface area contributed by atoms with E-state index in [9.17, 15) is 19.2 Å². The van der Waals surface area contributed by atoms with Gasteiger partial charge in [-0.15, -0.1) is 0 Å². The summed E-state index contributed by atoms with van der Waals surface area (Å²) in [6, 6.07) is 4.54. The number of hydrogen-bond donors (Lipinski definition) is 2. The van der Waals surface area contributed by atoms with Crippen LogP contribution in [0, 0.1) is 11.8 Å². The molecule has 0 saturated carbocycles. The van der Waals surface area contributed by atoms with Crippen molar-refractivity contribution < 1.29 is 42.9 Å². The first-order valence-electron chi connectivity index (χ1n) is 11.3. The lowest BCUT2D eigenvalue weighted by molar-refractivity contribution is -0.176. The van der Waals surface area contributed by atoms with Crippen LogP contribution in [0.1, 0.15) is 61.0 Å². The average Bonchev–Trinajstić information content (AvgIpc) is 2.74. The van der Waals surface area contributed by atoms with E-state index in [0.29, 0.717) is 5.56 Å². The third kappa shape index (κ3) is 9.53. The molecule has 3 N–H and O–H groups in total. The molecular formula is C24H36N2O9. The Morgan fingerprint density at radius 3 is 1.89 bits per heavy atom. The Morgan fingerprint density at radius 1 is 0.857 bits per heavy atom. The zero-order valence-electron chi connectivity index (χ0n) is 21.5. The predicted molar refractivity (Wildman–Crippen MR) is 125 cm³/mol. The largest absolute Gasteiger partial charge is 0.511 e. The fourth-order valence-corrected chi connectivity index (χ4v) is 2.53. The molecule has 0 aliphatic rings. The second kappa shape index (κ2) is 13.1. The predicted octanol–water partition coefficient (Wildman–Crippen LogP) is 3.02. The highest BCUT2D eigenvalue weighted by molar-refractivity contribution is 5.81. The van der Waals surface area contributed by atoms with Crippen molar-refractivity contribution >= 4 is 24.1 Å². The molecule has 11 nitrogen and oxygen atoms in total. The fourth-order valence-electron chi connectivity index (χ4n) is 2.53.